The molecule has 4 nitrogen and oxygen atoms in total. The van der Waals surface area contributed by atoms with E-state index in [1.54, 1.807) is 0 Å². The van der Waals surface area contributed by atoms with Crippen LogP contribution in [0.15, 0.2) is 18.2 Å². The molecule has 124 valence electrons. The normalized spacial score (nSPS) is 24.3. The van der Waals surface area contributed by atoms with Gasteiger partial charge in [-0.25, -0.2) is 4.79 Å². The summed E-state index contributed by atoms with van der Waals surface area (Å²) in [5.74, 6) is 1.68. The Balaban J connectivity index is 1.43. The zero-order chi connectivity index (χ0) is 15.6. The van der Waals surface area contributed by atoms with Gasteiger partial charge >= 0.3 is 6.03 Å². The lowest BCUT2D eigenvalue weighted by atomic mass is 9.83. The van der Waals surface area contributed by atoms with Crippen molar-refractivity contribution in [2.45, 2.75) is 57.4 Å². The molecule has 1 N–H and O–H groups in total. The van der Waals surface area contributed by atoms with Gasteiger partial charge in [0.1, 0.15) is 5.75 Å². The topological polar surface area (TPSA) is 41.6 Å². The number of carbonyl (C=O) groups is 1. The third kappa shape index (κ3) is 3.04. The average Bonchev–Trinajstić information content (AvgIpc) is 3.24. The van der Waals surface area contributed by atoms with E-state index in [9.17, 15) is 4.79 Å². The SMILES string of the molecule is O=C(Nc1ccc2c(c1)CCO2)N1CCCC1C1CCCCC1. The molecule has 1 aromatic rings. The van der Waals surface area contributed by atoms with Crippen LogP contribution in [0.5, 0.6) is 5.75 Å². The van der Waals surface area contributed by atoms with Crippen molar-refractivity contribution in [1.82, 2.24) is 4.90 Å². The third-order valence-corrected chi connectivity index (χ3v) is 5.69. The molecular formula is C19H26N2O2. The van der Waals surface area contributed by atoms with E-state index in [-0.39, 0.29) is 6.03 Å². The molecule has 1 aromatic carbocycles. The van der Waals surface area contributed by atoms with Gasteiger partial charge in [0.15, 0.2) is 0 Å². The maximum Gasteiger partial charge on any atom is 0.322 e. The van der Waals surface area contributed by atoms with Crippen LogP contribution in [0.3, 0.4) is 0 Å². The molecule has 1 atom stereocenters. The molecular weight excluding hydrogens is 288 g/mol. The van der Waals surface area contributed by atoms with Crippen LogP contribution < -0.4 is 10.1 Å². The van der Waals surface area contributed by atoms with Gasteiger partial charge in [-0.2, -0.15) is 0 Å². The van der Waals surface area contributed by atoms with Crippen LogP contribution in [0.2, 0.25) is 0 Å². The molecule has 1 unspecified atom stereocenters. The molecule has 0 aromatic heterocycles. The number of likely N-dealkylation sites (tertiary alicyclic amines) is 1. The highest BCUT2D eigenvalue weighted by atomic mass is 16.5. The van der Waals surface area contributed by atoms with Crippen LogP contribution in [0, 0.1) is 5.92 Å². The van der Waals surface area contributed by atoms with Gasteiger partial charge < -0.3 is 15.0 Å². The Kier molecular flexibility index (Phi) is 4.15. The summed E-state index contributed by atoms with van der Waals surface area (Å²) < 4.78 is 5.53. The van der Waals surface area contributed by atoms with Gasteiger partial charge in [0, 0.05) is 24.7 Å². The number of nitrogens with zero attached hydrogens (tertiary/aromatic N) is 1. The summed E-state index contributed by atoms with van der Waals surface area (Å²) in [5, 5.41) is 3.11. The molecule has 2 aliphatic heterocycles. The fourth-order valence-electron chi connectivity index (χ4n) is 4.51. The first-order valence-corrected chi connectivity index (χ1v) is 9.14. The molecule has 4 heteroatoms. The number of benzene rings is 1. The molecule has 3 aliphatic rings. The predicted molar refractivity (Wildman–Crippen MR) is 91.0 cm³/mol. The van der Waals surface area contributed by atoms with Gasteiger partial charge in [-0.15, -0.1) is 0 Å². The van der Waals surface area contributed by atoms with Gasteiger partial charge in [0.2, 0.25) is 0 Å². The van der Waals surface area contributed by atoms with Crippen molar-refractivity contribution in [3.05, 3.63) is 23.8 Å². The van der Waals surface area contributed by atoms with Crippen LogP contribution in [-0.4, -0.2) is 30.1 Å². The maximum atomic E-state index is 12.8. The minimum atomic E-state index is 0.0805. The number of carbonyl (C=O) groups excluding carboxylic acids is 1. The second kappa shape index (κ2) is 6.42. The lowest BCUT2D eigenvalue weighted by molar-refractivity contribution is 0.166. The van der Waals surface area contributed by atoms with E-state index in [1.165, 1.54) is 44.1 Å². The van der Waals surface area contributed by atoms with Gasteiger partial charge in [-0.3, -0.25) is 0 Å². The van der Waals surface area contributed by atoms with E-state index >= 15 is 0 Å². The van der Waals surface area contributed by atoms with Crippen LogP contribution >= 0.6 is 0 Å². The van der Waals surface area contributed by atoms with Crippen molar-refractivity contribution >= 4 is 11.7 Å². The van der Waals surface area contributed by atoms with Crippen molar-refractivity contribution in [2.24, 2.45) is 5.92 Å². The monoisotopic (exact) mass is 314 g/mol. The van der Waals surface area contributed by atoms with E-state index in [2.05, 4.69) is 16.3 Å². The highest BCUT2D eigenvalue weighted by Crippen LogP contribution is 2.35. The summed E-state index contributed by atoms with van der Waals surface area (Å²) in [6.07, 6.45) is 9.89. The summed E-state index contributed by atoms with van der Waals surface area (Å²) in [6.45, 7) is 1.66. The summed E-state index contributed by atoms with van der Waals surface area (Å²) >= 11 is 0. The van der Waals surface area contributed by atoms with E-state index in [0.717, 1.165) is 37.4 Å². The standard InChI is InChI=1S/C19H26N2O2/c22-19(20-16-8-9-18-15(13-16)10-12-23-18)21-11-4-7-17(21)14-5-2-1-3-6-14/h8-9,13-14,17H,1-7,10-12H2,(H,20,22). The number of amides is 2. The van der Waals surface area contributed by atoms with Crippen molar-refractivity contribution in [2.75, 3.05) is 18.5 Å². The van der Waals surface area contributed by atoms with Crippen LogP contribution in [-0.2, 0) is 6.42 Å². The molecule has 23 heavy (non-hydrogen) atoms. The second-order valence-corrected chi connectivity index (χ2v) is 7.15. The first-order valence-electron chi connectivity index (χ1n) is 9.14. The van der Waals surface area contributed by atoms with E-state index < -0.39 is 0 Å². The first kappa shape index (κ1) is 14.9. The van der Waals surface area contributed by atoms with E-state index in [0.29, 0.717) is 12.0 Å². The van der Waals surface area contributed by atoms with Crippen molar-refractivity contribution in [1.29, 1.82) is 0 Å². The molecule has 0 bridgehead atoms. The molecule has 2 fully saturated rings. The lowest BCUT2D eigenvalue weighted by Gasteiger charge is -2.34. The molecule has 4 rings (SSSR count). The Morgan fingerprint density at radius 2 is 2.00 bits per heavy atom. The Morgan fingerprint density at radius 1 is 1.13 bits per heavy atom. The molecule has 2 amide bonds. The van der Waals surface area contributed by atoms with E-state index in [4.69, 9.17) is 4.74 Å². The fourth-order valence-corrected chi connectivity index (χ4v) is 4.51. The largest absolute Gasteiger partial charge is 0.493 e. The first-order chi connectivity index (χ1) is 11.3. The van der Waals surface area contributed by atoms with Crippen molar-refractivity contribution < 1.29 is 9.53 Å². The Labute approximate surface area is 138 Å². The van der Waals surface area contributed by atoms with Crippen LogP contribution in [0.1, 0.15) is 50.5 Å². The van der Waals surface area contributed by atoms with Crippen molar-refractivity contribution in [3.63, 3.8) is 0 Å². The predicted octanol–water partition coefficient (Wildman–Crippen LogP) is 4.20. The smallest absolute Gasteiger partial charge is 0.322 e. The number of nitrogens with one attached hydrogen (secondary N) is 1. The van der Waals surface area contributed by atoms with Gasteiger partial charge in [0.25, 0.3) is 0 Å². The summed E-state index contributed by atoms with van der Waals surface area (Å²) in [5.41, 5.74) is 2.10. The zero-order valence-corrected chi connectivity index (χ0v) is 13.7. The molecule has 0 spiro atoms. The Morgan fingerprint density at radius 3 is 2.87 bits per heavy atom. The lowest BCUT2D eigenvalue weighted by Crippen LogP contribution is -2.43. The molecule has 1 aliphatic carbocycles. The van der Waals surface area contributed by atoms with E-state index in [1.807, 2.05) is 12.1 Å². The number of fused-ring (bicyclic) bond motifs is 1. The fraction of sp³-hybridized carbons (Fsp3) is 0.632. The van der Waals surface area contributed by atoms with Crippen LogP contribution in [0.25, 0.3) is 0 Å². The summed E-state index contributed by atoms with van der Waals surface area (Å²) in [7, 11) is 0. The summed E-state index contributed by atoms with van der Waals surface area (Å²) in [6, 6.07) is 6.52. The van der Waals surface area contributed by atoms with Gasteiger partial charge in [-0.1, -0.05) is 19.3 Å². The van der Waals surface area contributed by atoms with Crippen molar-refractivity contribution in [3.8, 4) is 5.75 Å². The molecule has 1 saturated carbocycles. The number of rotatable bonds is 2. The van der Waals surface area contributed by atoms with Crippen LogP contribution in [0.4, 0.5) is 10.5 Å². The number of hydrogen-bond acceptors (Lipinski definition) is 2. The number of anilines is 1. The number of urea groups is 1. The van der Waals surface area contributed by atoms with Gasteiger partial charge in [0.05, 0.1) is 6.61 Å². The highest BCUT2D eigenvalue weighted by molar-refractivity contribution is 5.90. The highest BCUT2D eigenvalue weighted by Gasteiger charge is 2.35. The molecule has 2 heterocycles. The molecule has 0 radical (unpaired) electrons. The quantitative estimate of drug-likeness (QED) is 0.889. The third-order valence-electron chi connectivity index (χ3n) is 5.69. The number of hydrogen-bond donors (Lipinski definition) is 1. The maximum absolute atomic E-state index is 12.8. The van der Waals surface area contributed by atoms with Gasteiger partial charge in [-0.05, 0) is 55.4 Å². The Hall–Kier alpha value is -1.71. The zero-order valence-electron chi connectivity index (χ0n) is 13.7. The average molecular weight is 314 g/mol. The molecule has 1 saturated heterocycles. The Bertz CT molecular complexity index is 581. The number of ether oxygens (including phenoxy) is 1. The minimum absolute atomic E-state index is 0.0805. The minimum Gasteiger partial charge on any atom is -0.493 e. The second-order valence-electron chi connectivity index (χ2n) is 7.15. The summed E-state index contributed by atoms with van der Waals surface area (Å²) in [4.78, 5) is 14.8.